The van der Waals surface area contributed by atoms with Crippen LogP contribution in [0.1, 0.15) is 16.8 Å². The molecule has 28 heavy (non-hydrogen) atoms. The van der Waals surface area contributed by atoms with Crippen molar-refractivity contribution in [2.75, 3.05) is 7.11 Å². The molecule has 0 atom stereocenters. The number of carbonyl (C=O) groups is 1. The number of fused-ring (bicyclic) bond motifs is 1. The number of methoxy groups -OCH3 is 1. The van der Waals surface area contributed by atoms with Crippen molar-refractivity contribution in [3.63, 3.8) is 0 Å². The van der Waals surface area contributed by atoms with Crippen LogP contribution in [0.3, 0.4) is 0 Å². The van der Waals surface area contributed by atoms with Gasteiger partial charge < -0.3 is 4.74 Å². The van der Waals surface area contributed by atoms with Crippen molar-refractivity contribution in [1.82, 2.24) is 9.78 Å². The maximum absolute atomic E-state index is 13.1. The monoisotopic (exact) mass is 428 g/mol. The number of aromatic nitrogens is 2. The summed E-state index contributed by atoms with van der Waals surface area (Å²) in [5, 5.41) is 5.61. The summed E-state index contributed by atoms with van der Waals surface area (Å²) in [6, 6.07) is 8.16. The minimum atomic E-state index is -4.50. The molecule has 0 aliphatic heterocycles. The first-order valence-electron chi connectivity index (χ1n) is 7.97. The first-order valence-corrected chi connectivity index (χ1v) is 8.72. The number of nitrogens with zero attached hydrogens (tertiary/aromatic N) is 2. The Labute approximate surface area is 168 Å². The molecule has 0 aliphatic rings. The molecule has 0 saturated carbocycles. The number of hydrogen-bond donors (Lipinski definition) is 0. The third-order valence-corrected chi connectivity index (χ3v) is 4.61. The number of benzene rings is 2. The molecule has 0 amide bonds. The molecule has 3 rings (SSSR count). The first kappa shape index (κ1) is 20.2. The van der Waals surface area contributed by atoms with E-state index in [-0.39, 0.29) is 12.1 Å². The van der Waals surface area contributed by atoms with Crippen LogP contribution in [-0.2, 0) is 22.3 Å². The lowest BCUT2D eigenvalue weighted by Gasteiger charge is -2.09. The summed E-state index contributed by atoms with van der Waals surface area (Å²) in [6.07, 6.45) is -1.95. The van der Waals surface area contributed by atoms with Crippen LogP contribution in [0.25, 0.3) is 17.0 Å². The molecule has 3 aromatic rings. The van der Waals surface area contributed by atoms with Gasteiger partial charge in [-0.05, 0) is 42.0 Å². The molecule has 1 aromatic heterocycles. The van der Waals surface area contributed by atoms with E-state index >= 15 is 0 Å². The van der Waals surface area contributed by atoms with Crippen LogP contribution >= 0.6 is 23.2 Å². The van der Waals surface area contributed by atoms with E-state index in [0.717, 1.165) is 18.2 Å². The summed E-state index contributed by atoms with van der Waals surface area (Å²) in [7, 11) is 1.22. The molecule has 0 spiro atoms. The van der Waals surface area contributed by atoms with Crippen molar-refractivity contribution >= 4 is 46.2 Å². The number of esters is 1. The summed E-state index contributed by atoms with van der Waals surface area (Å²) in [5.74, 6) is -0.602. The highest BCUT2D eigenvalue weighted by molar-refractivity contribution is 6.35. The van der Waals surface area contributed by atoms with Gasteiger partial charge in [-0.25, -0.2) is 4.79 Å². The number of ether oxygens (including phenoxy) is 1. The molecule has 1 heterocycles. The van der Waals surface area contributed by atoms with Gasteiger partial charge in [0.1, 0.15) is 0 Å². The van der Waals surface area contributed by atoms with E-state index in [1.54, 1.807) is 18.2 Å². The maximum atomic E-state index is 13.1. The second kappa shape index (κ2) is 7.85. The molecule has 0 aliphatic carbocycles. The number of carbonyl (C=O) groups excluding carboxylic acids is 1. The Morgan fingerprint density at radius 2 is 1.96 bits per heavy atom. The summed E-state index contributed by atoms with van der Waals surface area (Å²) in [4.78, 5) is 11.4. The van der Waals surface area contributed by atoms with E-state index in [1.807, 2.05) is 0 Å². The second-order valence-corrected chi connectivity index (χ2v) is 6.71. The van der Waals surface area contributed by atoms with E-state index in [2.05, 4.69) is 9.84 Å². The molecule has 0 radical (unpaired) electrons. The Kier molecular flexibility index (Phi) is 5.67. The predicted molar refractivity (Wildman–Crippen MR) is 101 cm³/mol. The van der Waals surface area contributed by atoms with E-state index < -0.39 is 17.7 Å². The molecular formula is C19H13Cl2F3N2O2. The molecule has 0 bridgehead atoms. The van der Waals surface area contributed by atoms with Crippen LogP contribution in [0, 0.1) is 0 Å². The van der Waals surface area contributed by atoms with Gasteiger partial charge in [0.25, 0.3) is 0 Å². The SMILES string of the molecule is COC(=O)/C=C/c1nn(Cc2ccc(Cl)cc2Cl)c2cc(C(F)(F)F)ccc12. The molecule has 4 nitrogen and oxygen atoms in total. The van der Waals surface area contributed by atoms with Crippen LogP contribution in [-0.4, -0.2) is 22.9 Å². The standard InChI is InChI=1S/C19H13Cl2F3N2O2/c1-28-18(27)7-6-16-14-5-3-12(19(22,23)24)8-17(14)26(25-16)10-11-2-4-13(20)9-15(11)21/h2-9H,10H2,1H3/b7-6+. The van der Waals surface area contributed by atoms with Gasteiger partial charge in [0, 0.05) is 21.5 Å². The lowest BCUT2D eigenvalue weighted by atomic mass is 10.1. The van der Waals surface area contributed by atoms with Crippen LogP contribution in [0.5, 0.6) is 0 Å². The van der Waals surface area contributed by atoms with Gasteiger partial charge in [-0.2, -0.15) is 18.3 Å². The van der Waals surface area contributed by atoms with Crippen LogP contribution < -0.4 is 0 Å². The highest BCUT2D eigenvalue weighted by Crippen LogP contribution is 2.33. The molecule has 0 N–H and O–H groups in total. The fourth-order valence-electron chi connectivity index (χ4n) is 2.65. The zero-order chi connectivity index (χ0) is 20.5. The van der Waals surface area contributed by atoms with Gasteiger partial charge in [0.05, 0.1) is 30.4 Å². The summed E-state index contributed by atoms with van der Waals surface area (Å²) in [6.45, 7) is 0.125. The van der Waals surface area contributed by atoms with Crippen LogP contribution in [0.2, 0.25) is 10.0 Å². The lowest BCUT2D eigenvalue weighted by molar-refractivity contribution is -0.137. The van der Waals surface area contributed by atoms with Gasteiger partial charge >= 0.3 is 12.1 Å². The molecule has 0 fully saturated rings. The second-order valence-electron chi connectivity index (χ2n) is 5.86. The quantitative estimate of drug-likeness (QED) is 0.401. The van der Waals surface area contributed by atoms with Gasteiger partial charge in [-0.1, -0.05) is 29.3 Å². The largest absolute Gasteiger partial charge is 0.466 e. The Hall–Kier alpha value is -2.51. The van der Waals surface area contributed by atoms with Gasteiger partial charge in [-0.3, -0.25) is 4.68 Å². The molecular weight excluding hydrogens is 416 g/mol. The smallest absolute Gasteiger partial charge is 0.416 e. The summed E-state index contributed by atoms with van der Waals surface area (Å²) < 4.78 is 45.4. The number of hydrogen-bond acceptors (Lipinski definition) is 3. The molecule has 146 valence electrons. The van der Waals surface area contributed by atoms with Crippen molar-refractivity contribution in [3.05, 3.63) is 69.3 Å². The molecule has 0 saturated heterocycles. The van der Waals surface area contributed by atoms with Crippen molar-refractivity contribution in [2.24, 2.45) is 0 Å². The summed E-state index contributed by atoms with van der Waals surface area (Å²) in [5.41, 5.74) is 0.424. The maximum Gasteiger partial charge on any atom is 0.416 e. The average molecular weight is 429 g/mol. The Morgan fingerprint density at radius 3 is 2.61 bits per heavy atom. The first-order chi connectivity index (χ1) is 13.2. The lowest BCUT2D eigenvalue weighted by Crippen LogP contribution is -2.06. The average Bonchev–Trinajstić information content (AvgIpc) is 2.98. The van der Waals surface area contributed by atoms with Crippen molar-refractivity contribution < 1.29 is 22.7 Å². The van der Waals surface area contributed by atoms with Gasteiger partial charge in [0.2, 0.25) is 0 Å². The van der Waals surface area contributed by atoms with Crippen LogP contribution in [0.15, 0.2) is 42.5 Å². The molecule has 0 unspecified atom stereocenters. The number of rotatable bonds is 4. The third-order valence-electron chi connectivity index (χ3n) is 4.02. The predicted octanol–water partition coefficient (Wildman–Crippen LogP) is 5.60. The Balaban J connectivity index is 2.13. The fraction of sp³-hybridized carbons (Fsp3) is 0.158. The van der Waals surface area contributed by atoms with E-state index in [0.29, 0.717) is 26.7 Å². The van der Waals surface area contributed by atoms with Crippen molar-refractivity contribution in [2.45, 2.75) is 12.7 Å². The van der Waals surface area contributed by atoms with Crippen molar-refractivity contribution in [3.8, 4) is 0 Å². The highest BCUT2D eigenvalue weighted by Gasteiger charge is 2.31. The van der Waals surface area contributed by atoms with Crippen LogP contribution in [0.4, 0.5) is 13.2 Å². The Morgan fingerprint density at radius 1 is 1.21 bits per heavy atom. The minimum Gasteiger partial charge on any atom is -0.466 e. The van der Waals surface area contributed by atoms with E-state index in [4.69, 9.17) is 23.2 Å². The van der Waals surface area contributed by atoms with Crippen molar-refractivity contribution in [1.29, 1.82) is 0 Å². The highest BCUT2D eigenvalue weighted by atomic mass is 35.5. The summed E-state index contributed by atoms with van der Waals surface area (Å²) >= 11 is 12.1. The molecule has 9 heteroatoms. The van der Waals surface area contributed by atoms with Gasteiger partial charge in [0.15, 0.2) is 0 Å². The van der Waals surface area contributed by atoms with Gasteiger partial charge in [-0.15, -0.1) is 0 Å². The minimum absolute atomic E-state index is 0.125. The van der Waals surface area contributed by atoms with E-state index in [9.17, 15) is 18.0 Å². The zero-order valence-corrected chi connectivity index (χ0v) is 15.9. The fourth-order valence-corrected chi connectivity index (χ4v) is 3.11. The Bertz CT molecular complexity index is 1070. The zero-order valence-electron chi connectivity index (χ0n) is 14.4. The normalized spacial score (nSPS) is 12.1. The third kappa shape index (κ3) is 4.31. The number of halogens is 5. The topological polar surface area (TPSA) is 44.1 Å². The number of alkyl halides is 3. The molecule has 2 aromatic carbocycles. The van der Waals surface area contributed by atoms with E-state index in [1.165, 1.54) is 23.9 Å².